The van der Waals surface area contributed by atoms with Gasteiger partial charge in [-0.2, -0.15) is 0 Å². The molecule has 0 aliphatic carbocycles. The second-order valence-electron chi connectivity index (χ2n) is 5.89. The Balaban J connectivity index is 1.60. The highest BCUT2D eigenvalue weighted by Gasteiger charge is 2.21. The van der Waals surface area contributed by atoms with Gasteiger partial charge < -0.3 is 14.2 Å². The smallest absolute Gasteiger partial charge is 0.269 e. The highest BCUT2D eigenvalue weighted by Crippen LogP contribution is 2.25. The van der Waals surface area contributed by atoms with E-state index in [-0.39, 0.29) is 11.6 Å². The van der Waals surface area contributed by atoms with Crippen molar-refractivity contribution in [3.8, 4) is 0 Å². The van der Waals surface area contributed by atoms with Crippen molar-refractivity contribution in [2.75, 3.05) is 31.1 Å². The van der Waals surface area contributed by atoms with Gasteiger partial charge in [-0.05, 0) is 36.8 Å². The number of aryl methyl sites for hydroxylation is 1. The van der Waals surface area contributed by atoms with E-state index in [1.54, 1.807) is 41.5 Å². The Kier molecular flexibility index (Phi) is 4.83. The van der Waals surface area contributed by atoms with E-state index in [2.05, 4.69) is 4.90 Å². The molecule has 0 unspecified atom stereocenters. The van der Waals surface area contributed by atoms with Crippen molar-refractivity contribution in [1.82, 2.24) is 4.90 Å². The van der Waals surface area contributed by atoms with E-state index in [0.29, 0.717) is 31.9 Å². The van der Waals surface area contributed by atoms with Gasteiger partial charge in [-0.3, -0.25) is 14.9 Å². The molecule has 25 heavy (non-hydrogen) atoms. The molecule has 2 heterocycles. The van der Waals surface area contributed by atoms with Gasteiger partial charge in [0.1, 0.15) is 5.76 Å². The fraction of sp³-hybridized carbons (Fsp3) is 0.278. The van der Waals surface area contributed by atoms with E-state index in [4.69, 9.17) is 4.42 Å². The molecule has 3 rings (SSSR count). The molecule has 1 aromatic heterocycles. The van der Waals surface area contributed by atoms with Crippen LogP contribution in [0.2, 0.25) is 0 Å². The van der Waals surface area contributed by atoms with Crippen LogP contribution in [-0.4, -0.2) is 41.9 Å². The van der Waals surface area contributed by atoms with Crippen molar-refractivity contribution in [2.45, 2.75) is 6.92 Å². The molecule has 1 amide bonds. The molecule has 1 fully saturated rings. The molecule has 0 saturated carbocycles. The third-order valence-electron chi connectivity index (χ3n) is 4.26. The summed E-state index contributed by atoms with van der Waals surface area (Å²) >= 11 is 0. The summed E-state index contributed by atoms with van der Waals surface area (Å²) in [6.45, 7) is 4.47. The van der Waals surface area contributed by atoms with Crippen molar-refractivity contribution in [2.24, 2.45) is 0 Å². The second kappa shape index (κ2) is 7.21. The number of nitro groups is 1. The van der Waals surface area contributed by atoms with Gasteiger partial charge >= 0.3 is 0 Å². The summed E-state index contributed by atoms with van der Waals surface area (Å²) < 4.78 is 5.17. The van der Waals surface area contributed by atoms with Gasteiger partial charge in [0.25, 0.3) is 5.69 Å². The number of carbonyl (C=O) groups is 1. The lowest BCUT2D eigenvalue weighted by molar-refractivity contribution is -0.384. The SMILES string of the molecule is Cc1cc([N+](=O)[O-])ccc1N1CCN(C(=O)/C=C/c2ccco2)CC1. The highest BCUT2D eigenvalue weighted by molar-refractivity contribution is 5.91. The number of nitro benzene ring substituents is 1. The van der Waals surface area contributed by atoms with Crippen LogP contribution in [0.3, 0.4) is 0 Å². The number of anilines is 1. The fourth-order valence-corrected chi connectivity index (χ4v) is 2.92. The zero-order valence-electron chi connectivity index (χ0n) is 13.9. The Labute approximate surface area is 145 Å². The predicted molar refractivity (Wildman–Crippen MR) is 94.4 cm³/mol. The van der Waals surface area contributed by atoms with E-state index in [9.17, 15) is 14.9 Å². The number of rotatable bonds is 4. The lowest BCUT2D eigenvalue weighted by Gasteiger charge is -2.36. The number of non-ortho nitro benzene ring substituents is 1. The van der Waals surface area contributed by atoms with E-state index < -0.39 is 4.92 Å². The third kappa shape index (κ3) is 3.88. The molecule has 130 valence electrons. The summed E-state index contributed by atoms with van der Waals surface area (Å²) in [7, 11) is 0. The van der Waals surface area contributed by atoms with Crippen LogP contribution in [0, 0.1) is 17.0 Å². The summed E-state index contributed by atoms with van der Waals surface area (Å²) in [6.07, 6.45) is 4.75. The van der Waals surface area contributed by atoms with E-state index >= 15 is 0 Å². The van der Waals surface area contributed by atoms with Crippen LogP contribution in [0.4, 0.5) is 11.4 Å². The summed E-state index contributed by atoms with van der Waals surface area (Å²) in [5.74, 6) is 0.602. The molecule has 1 saturated heterocycles. The summed E-state index contributed by atoms with van der Waals surface area (Å²) in [5.41, 5.74) is 1.94. The lowest BCUT2D eigenvalue weighted by Crippen LogP contribution is -2.48. The quantitative estimate of drug-likeness (QED) is 0.485. The molecule has 0 atom stereocenters. The van der Waals surface area contributed by atoms with Crippen LogP contribution in [0.15, 0.2) is 47.1 Å². The average molecular weight is 341 g/mol. The van der Waals surface area contributed by atoms with Crippen molar-refractivity contribution < 1.29 is 14.1 Å². The van der Waals surface area contributed by atoms with Gasteiger partial charge in [0.2, 0.25) is 5.91 Å². The average Bonchev–Trinajstić information content (AvgIpc) is 3.13. The fourth-order valence-electron chi connectivity index (χ4n) is 2.92. The molecule has 7 heteroatoms. The van der Waals surface area contributed by atoms with Gasteiger partial charge in [-0.25, -0.2) is 0 Å². The van der Waals surface area contributed by atoms with Crippen LogP contribution in [0.25, 0.3) is 6.08 Å². The zero-order valence-corrected chi connectivity index (χ0v) is 13.9. The molecule has 7 nitrogen and oxygen atoms in total. The second-order valence-corrected chi connectivity index (χ2v) is 5.89. The van der Waals surface area contributed by atoms with Crippen LogP contribution < -0.4 is 4.90 Å². The monoisotopic (exact) mass is 341 g/mol. The number of piperazine rings is 1. The van der Waals surface area contributed by atoms with Gasteiger partial charge in [-0.15, -0.1) is 0 Å². The van der Waals surface area contributed by atoms with Gasteiger partial charge in [0.05, 0.1) is 11.2 Å². The van der Waals surface area contributed by atoms with Crippen LogP contribution in [0.1, 0.15) is 11.3 Å². The number of hydrogen-bond acceptors (Lipinski definition) is 5. The van der Waals surface area contributed by atoms with Crippen LogP contribution in [0.5, 0.6) is 0 Å². The maximum absolute atomic E-state index is 12.2. The Morgan fingerprint density at radius 1 is 1.24 bits per heavy atom. The topological polar surface area (TPSA) is 79.8 Å². The first-order valence-corrected chi connectivity index (χ1v) is 8.05. The maximum atomic E-state index is 12.2. The van der Waals surface area contributed by atoms with E-state index in [1.807, 2.05) is 6.92 Å². The van der Waals surface area contributed by atoms with Crippen molar-refractivity contribution >= 4 is 23.4 Å². The molecule has 0 N–H and O–H groups in total. The maximum Gasteiger partial charge on any atom is 0.269 e. The summed E-state index contributed by atoms with van der Waals surface area (Å²) in [5, 5.41) is 10.8. The normalized spacial score (nSPS) is 14.9. The predicted octanol–water partition coefficient (Wildman–Crippen LogP) is 2.86. The summed E-state index contributed by atoms with van der Waals surface area (Å²) in [4.78, 5) is 26.6. The minimum Gasteiger partial charge on any atom is -0.465 e. The van der Waals surface area contributed by atoms with Gasteiger partial charge in [-0.1, -0.05) is 0 Å². The first-order valence-electron chi connectivity index (χ1n) is 8.05. The molecular weight excluding hydrogens is 322 g/mol. The van der Waals surface area contributed by atoms with Crippen molar-refractivity contribution in [1.29, 1.82) is 0 Å². The number of furan rings is 1. The Morgan fingerprint density at radius 3 is 2.60 bits per heavy atom. The summed E-state index contributed by atoms with van der Waals surface area (Å²) in [6, 6.07) is 8.45. The number of nitrogens with zero attached hydrogens (tertiary/aromatic N) is 3. The van der Waals surface area contributed by atoms with Crippen LogP contribution >= 0.6 is 0 Å². The Hall–Kier alpha value is -3.09. The largest absolute Gasteiger partial charge is 0.465 e. The van der Waals surface area contributed by atoms with E-state index in [0.717, 1.165) is 11.3 Å². The molecule has 0 bridgehead atoms. The third-order valence-corrected chi connectivity index (χ3v) is 4.26. The first kappa shape index (κ1) is 16.8. The van der Waals surface area contributed by atoms with Crippen molar-refractivity contribution in [3.05, 3.63) is 64.1 Å². The number of hydrogen-bond donors (Lipinski definition) is 0. The molecule has 1 aliphatic rings. The number of carbonyl (C=O) groups excluding carboxylic acids is 1. The highest BCUT2D eigenvalue weighted by atomic mass is 16.6. The molecule has 1 aliphatic heterocycles. The van der Waals surface area contributed by atoms with Crippen LogP contribution in [-0.2, 0) is 4.79 Å². The van der Waals surface area contributed by atoms with Crippen molar-refractivity contribution in [3.63, 3.8) is 0 Å². The standard InChI is InChI=1S/C18H19N3O4/c1-14-13-15(21(23)24)4-6-17(14)19-8-10-20(11-9-19)18(22)7-5-16-3-2-12-25-16/h2-7,12-13H,8-11H2,1H3/b7-5+. The molecular formula is C18H19N3O4. The minimum absolute atomic E-state index is 0.0449. The first-order chi connectivity index (χ1) is 12.0. The Bertz CT molecular complexity index is 791. The molecule has 1 aromatic carbocycles. The van der Waals surface area contributed by atoms with E-state index in [1.165, 1.54) is 12.1 Å². The lowest BCUT2D eigenvalue weighted by atomic mass is 10.1. The minimum atomic E-state index is -0.390. The molecule has 2 aromatic rings. The number of amides is 1. The zero-order chi connectivity index (χ0) is 17.8. The number of benzene rings is 1. The van der Waals surface area contributed by atoms with Gasteiger partial charge in [0.15, 0.2) is 0 Å². The molecule has 0 spiro atoms. The Morgan fingerprint density at radius 2 is 2.00 bits per heavy atom. The molecule has 0 radical (unpaired) electrons. The van der Waals surface area contributed by atoms with Gasteiger partial charge in [0, 0.05) is 50.1 Å².